The number of methoxy groups -OCH3 is 2. The van der Waals surface area contributed by atoms with Crippen LogP contribution < -0.4 is 14.8 Å². The van der Waals surface area contributed by atoms with E-state index in [2.05, 4.69) is 46.5 Å². The van der Waals surface area contributed by atoms with Gasteiger partial charge in [-0.25, -0.2) is 9.97 Å². The summed E-state index contributed by atoms with van der Waals surface area (Å²) in [6.07, 6.45) is 0.648. The Morgan fingerprint density at radius 3 is 2.53 bits per heavy atom. The summed E-state index contributed by atoms with van der Waals surface area (Å²) in [5.74, 6) is 2.73. The van der Waals surface area contributed by atoms with Crippen LogP contribution in [0.25, 0.3) is 21.3 Å². The van der Waals surface area contributed by atoms with Crippen molar-refractivity contribution >= 4 is 28.1 Å². The van der Waals surface area contributed by atoms with E-state index in [0.717, 1.165) is 22.3 Å². The maximum absolute atomic E-state index is 9.39. The molecular formula is C25H27N3O3S. The van der Waals surface area contributed by atoms with Gasteiger partial charge in [0.1, 0.15) is 11.6 Å². The predicted octanol–water partition coefficient (Wildman–Crippen LogP) is 5.39. The molecule has 0 saturated heterocycles. The fourth-order valence-electron chi connectivity index (χ4n) is 3.79. The smallest absolute Gasteiger partial charge is 0.162 e. The number of aromatic nitrogens is 2. The first-order chi connectivity index (χ1) is 15.5. The molecule has 7 heteroatoms. The highest BCUT2D eigenvalue weighted by Crippen LogP contribution is 2.37. The molecular weight excluding hydrogens is 422 g/mol. The zero-order valence-corrected chi connectivity index (χ0v) is 19.5. The quantitative estimate of drug-likeness (QED) is 0.375. The Morgan fingerprint density at radius 2 is 1.78 bits per heavy atom. The number of aryl methyl sites for hydroxylation is 1. The van der Waals surface area contributed by atoms with Crippen molar-refractivity contribution in [1.82, 2.24) is 9.97 Å². The van der Waals surface area contributed by atoms with E-state index in [0.29, 0.717) is 23.7 Å². The van der Waals surface area contributed by atoms with E-state index in [9.17, 15) is 5.11 Å². The van der Waals surface area contributed by atoms with Crippen LogP contribution in [0, 0.1) is 6.92 Å². The summed E-state index contributed by atoms with van der Waals surface area (Å²) in [7, 11) is 3.24. The lowest BCUT2D eigenvalue weighted by Gasteiger charge is -2.16. The minimum absolute atomic E-state index is 0.0457. The highest BCUT2D eigenvalue weighted by atomic mass is 32.1. The SMILES string of the molecule is COc1cc2nc(C)nc(NC(C)c3ccc(-c4ccccc4CCO)s3)c2cc1OC. The molecule has 0 bridgehead atoms. The zero-order chi connectivity index (χ0) is 22.7. The van der Waals surface area contributed by atoms with Gasteiger partial charge in [-0.3, -0.25) is 0 Å². The minimum Gasteiger partial charge on any atom is -0.493 e. The number of nitrogens with zero attached hydrogens (tertiary/aromatic N) is 2. The molecule has 32 heavy (non-hydrogen) atoms. The molecule has 6 nitrogen and oxygen atoms in total. The zero-order valence-electron chi connectivity index (χ0n) is 18.7. The molecule has 4 rings (SSSR count). The molecule has 2 N–H and O–H groups in total. The van der Waals surface area contributed by atoms with Crippen LogP contribution in [0.5, 0.6) is 11.5 Å². The van der Waals surface area contributed by atoms with Gasteiger partial charge in [0.25, 0.3) is 0 Å². The van der Waals surface area contributed by atoms with Gasteiger partial charge in [0.15, 0.2) is 11.5 Å². The Bertz CT molecular complexity index is 1240. The molecule has 166 valence electrons. The molecule has 0 radical (unpaired) electrons. The molecule has 1 atom stereocenters. The van der Waals surface area contributed by atoms with Crippen LogP contribution in [0.2, 0.25) is 0 Å². The Labute approximate surface area is 191 Å². The second-order valence-corrected chi connectivity index (χ2v) is 8.66. The molecule has 2 aromatic heterocycles. The molecule has 0 saturated carbocycles. The third-order valence-electron chi connectivity index (χ3n) is 5.38. The van der Waals surface area contributed by atoms with Crippen molar-refractivity contribution in [2.75, 3.05) is 26.1 Å². The summed E-state index contributed by atoms with van der Waals surface area (Å²) in [5, 5.41) is 13.8. The van der Waals surface area contributed by atoms with Gasteiger partial charge in [0.05, 0.1) is 25.8 Å². The normalized spacial score (nSPS) is 12.0. The van der Waals surface area contributed by atoms with Crippen LogP contribution in [0.15, 0.2) is 48.5 Å². The summed E-state index contributed by atoms with van der Waals surface area (Å²) in [6, 6.07) is 16.4. The predicted molar refractivity (Wildman–Crippen MR) is 130 cm³/mol. The highest BCUT2D eigenvalue weighted by Gasteiger charge is 2.16. The molecule has 2 aromatic carbocycles. The molecule has 4 aromatic rings. The Balaban J connectivity index is 1.66. The van der Waals surface area contributed by atoms with E-state index >= 15 is 0 Å². The molecule has 0 aliphatic carbocycles. The molecule has 0 amide bonds. The summed E-state index contributed by atoms with van der Waals surface area (Å²) >= 11 is 1.74. The standard InChI is InChI=1S/C25H27N3O3S/c1-15(23-9-10-24(32-23)18-8-6-5-7-17(18)11-12-29)26-25-19-13-21(30-3)22(31-4)14-20(19)27-16(2)28-25/h5-10,13-15,29H,11-12H2,1-4H3,(H,26,27,28). The van der Waals surface area contributed by atoms with Crippen LogP contribution in [0.3, 0.4) is 0 Å². The number of benzene rings is 2. The first-order valence-electron chi connectivity index (χ1n) is 10.5. The van der Waals surface area contributed by atoms with Crippen LogP contribution in [0.1, 0.15) is 29.2 Å². The van der Waals surface area contributed by atoms with Crippen LogP contribution >= 0.6 is 11.3 Å². The van der Waals surface area contributed by atoms with Gasteiger partial charge in [-0.05, 0) is 49.6 Å². The van der Waals surface area contributed by atoms with Crippen molar-refractivity contribution in [3.05, 3.63) is 64.8 Å². The summed E-state index contributed by atoms with van der Waals surface area (Å²) in [4.78, 5) is 11.6. The van der Waals surface area contributed by atoms with Crippen molar-refractivity contribution in [2.45, 2.75) is 26.3 Å². The first kappa shape index (κ1) is 22.0. The van der Waals surface area contributed by atoms with Crippen molar-refractivity contribution in [1.29, 1.82) is 0 Å². The lowest BCUT2D eigenvalue weighted by atomic mass is 10.0. The first-order valence-corrected chi connectivity index (χ1v) is 11.3. The van der Waals surface area contributed by atoms with Crippen molar-refractivity contribution in [3.63, 3.8) is 0 Å². The van der Waals surface area contributed by atoms with Crippen molar-refractivity contribution in [2.24, 2.45) is 0 Å². The molecule has 0 fully saturated rings. The van der Waals surface area contributed by atoms with Crippen molar-refractivity contribution in [3.8, 4) is 21.9 Å². The molecule has 0 aliphatic rings. The van der Waals surface area contributed by atoms with Gasteiger partial charge in [-0.2, -0.15) is 0 Å². The fourth-order valence-corrected chi connectivity index (χ4v) is 4.86. The fraction of sp³-hybridized carbons (Fsp3) is 0.280. The number of thiophene rings is 1. The Morgan fingerprint density at radius 1 is 1.03 bits per heavy atom. The van der Waals surface area contributed by atoms with Gasteiger partial charge < -0.3 is 19.9 Å². The summed E-state index contributed by atoms with van der Waals surface area (Å²) in [6.45, 7) is 4.15. The van der Waals surface area contributed by atoms with Gasteiger partial charge in [0, 0.05) is 27.8 Å². The molecule has 0 aliphatic heterocycles. The summed E-state index contributed by atoms with van der Waals surface area (Å²) < 4.78 is 10.9. The number of nitrogens with one attached hydrogen (secondary N) is 1. The second kappa shape index (κ2) is 9.54. The Hall–Kier alpha value is -3.16. The number of rotatable bonds is 8. The van der Waals surface area contributed by atoms with Gasteiger partial charge in [-0.1, -0.05) is 24.3 Å². The number of fused-ring (bicyclic) bond motifs is 1. The topological polar surface area (TPSA) is 76.5 Å². The average Bonchev–Trinajstić information content (AvgIpc) is 3.29. The number of ether oxygens (including phenoxy) is 2. The lowest BCUT2D eigenvalue weighted by molar-refractivity contribution is 0.300. The van der Waals surface area contributed by atoms with Gasteiger partial charge in [-0.15, -0.1) is 11.3 Å². The molecule has 0 spiro atoms. The number of hydrogen-bond acceptors (Lipinski definition) is 7. The van der Waals surface area contributed by atoms with E-state index < -0.39 is 0 Å². The monoisotopic (exact) mass is 449 g/mol. The second-order valence-electron chi connectivity index (χ2n) is 7.54. The van der Waals surface area contributed by atoms with E-state index in [1.54, 1.807) is 25.6 Å². The number of hydrogen-bond donors (Lipinski definition) is 2. The van der Waals surface area contributed by atoms with Gasteiger partial charge in [0.2, 0.25) is 0 Å². The minimum atomic E-state index is 0.0457. The average molecular weight is 450 g/mol. The maximum Gasteiger partial charge on any atom is 0.162 e. The van der Waals surface area contributed by atoms with Crippen LogP contribution in [-0.4, -0.2) is 35.9 Å². The lowest BCUT2D eigenvalue weighted by Crippen LogP contribution is -2.08. The maximum atomic E-state index is 9.39. The Kier molecular flexibility index (Phi) is 6.58. The highest BCUT2D eigenvalue weighted by molar-refractivity contribution is 7.15. The van der Waals surface area contributed by atoms with Gasteiger partial charge >= 0.3 is 0 Å². The number of aliphatic hydroxyl groups is 1. The third-order valence-corrected chi connectivity index (χ3v) is 6.68. The molecule has 2 heterocycles. The van der Waals surface area contributed by atoms with E-state index in [4.69, 9.17) is 9.47 Å². The third kappa shape index (κ3) is 4.40. The van der Waals surface area contributed by atoms with Crippen LogP contribution in [0.4, 0.5) is 5.82 Å². The largest absolute Gasteiger partial charge is 0.493 e. The van der Waals surface area contributed by atoms with Crippen LogP contribution in [-0.2, 0) is 6.42 Å². The van der Waals surface area contributed by atoms with Crippen molar-refractivity contribution < 1.29 is 14.6 Å². The molecule has 1 unspecified atom stereocenters. The van der Waals surface area contributed by atoms with E-state index in [1.807, 2.05) is 31.2 Å². The number of aliphatic hydroxyl groups excluding tert-OH is 1. The van der Waals surface area contributed by atoms with E-state index in [-0.39, 0.29) is 12.6 Å². The van der Waals surface area contributed by atoms with E-state index in [1.165, 1.54) is 15.3 Å². The summed E-state index contributed by atoms with van der Waals surface area (Å²) in [5.41, 5.74) is 3.13. The number of anilines is 1.